The zero-order valence-electron chi connectivity index (χ0n) is 9.69. The van der Waals surface area contributed by atoms with Crippen LogP contribution in [0.2, 0.25) is 0 Å². The standard InChI is InChI=1S/C12H13NO4/c1-16-10-6-8(4-3-5-13)9(12(14)15)7-11(10)17-2/h6-7H,3-4H2,1-2H3,(H,14,15). The van der Waals surface area contributed by atoms with Crippen molar-refractivity contribution < 1.29 is 19.4 Å². The van der Waals surface area contributed by atoms with Crippen molar-refractivity contribution in [2.75, 3.05) is 14.2 Å². The second-order valence-corrected chi connectivity index (χ2v) is 3.33. The van der Waals surface area contributed by atoms with Gasteiger partial charge in [-0.2, -0.15) is 5.26 Å². The SMILES string of the molecule is COc1cc(CCC#N)c(C(=O)O)cc1OC. The summed E-state index contributed by atoms with van der Waals surface area (Å²) < 4.78 is 10.1. The molecule has 0 atom stereocenters. The van der Waals surface area contributed by atoms with E-state index in [9.17, 15) is 4.79 Å². The molecule has 0 saturated heterocycles. The van der Waals surface area contributed by atoms with Gasteiger partial charge in [0.25, 0.3) is 0 Å². The Kier molecular flexibility index (Phi) is 4.35. The molecular weight excluding hydrogens is 222 g/mol. The number of carboxylic acids is 1. The number of rotatable bonds is 5. The molecule has 5 nitrogen and oxygen atoms in total. The average Bonchev–Trinajstić information content (AvgIpc) is 2.34. The minimum absolute atomic E-state index is 0.137. The summed E-state index contributed by atoms with van der Waals surface area (Å²) in [5.74, 6) is -0.213. The van der Waals surface area contributed by atoms with Crippen molar-refractivity contribution >= 4 is 5.97 Å². The summed E-state index contributed by atoms with van der Waals surface area (Å²) in [5.41, 5.74) is 0.703. The van der Waals surface area contributed by atoms with E-state index in [-0.39, 0.29) is 12.0 Å². The van der Waals surface area contributed by atoms with E-state index in [0.717, 1.165) is 0 Å². The number of nitriles is 1. The monoisotopic (exact) mass is 235 g/mol. The summed E-state index contributed by atoms with van der Waals surface area (Å²) in [7, 11) is 2.92. The van der Waals surface area contributed by atoms with Gasteiger partial charge in [0, 0.05) is 6.42 Å². The molecule has 5 heteroatoms. The Hall–Kier alpha value is -2.22. The van der Waals surface area contributed by atoms with Crippen molar-refractivity contribution in [1.29, 1.82) is 5.26 Å². The van der Waals surface area contributed by atoms with Crippen molar-refractivity contribution in [3.05, 3.63) is 23.3 Å². The topological polar surface area (TPSA) is 79.5 Å². The summed E-state index contributed by atoms with van der Waals surface area (Å²) in [4.78, 5) is 11.1. The highest BCUT2D eigenvalue weighted by Gasteiger charge is 2.15. The molecule has 0 spiro atoms. The molecule has 0 bridgehead atoms. The van der Waals surface area contributed by atoms with E-state index in [0.29, 0.717) is 23.5 Å². The lowest BCUT2D eigenvalue weighted by molar-refractivity contribution is 0.0695. The van der Waals surface area contributed by atoms with Gasteiger partial charge in [-0.05, 0) is 24.1 Å². The first-order chi connectivity index (χ1) is 8.13. The highest BCUT2D eigenvalue weighted by Crippen LogP contribution is 2.31. The number of methoxy groups -OCH3 is 2. The number of ether oxygens (including phenoxy) is 2. The predicted octanol–water partition coefficient (Wildman–Crippen LogP) is 1.86. The van der Waals surface area contributed by atoms with Gasteiger partial charge in [0.1, 0.15) is 0 Å². The van der Waals surface area contributed by atoms with Gasteiger partial charge in [0.15, 0.2) is 11.5 Å². The van der Waals surface area contributed by atoms with Crippen LogP contribution in [0.15, 0.2) is 12.1 Å². The molecule has 0 radical (unpaired) electrons. The Labute approximate surface area is 99.2 Å². The van der Waals surface area contributed by atoms with E-state index in [1.165, 1.54) is 20.3 Å². The molecule has 1 N–H and O–H groups in total. The number of nitrogens with zero attached hydrogens (tertiary/aromatic N) is 1. The van der Waals surface area contributed by atoms with E-state index in [4.69, 9.17) is 19.8 Å². The molecule has 0 aliphatic rings. The lowest BCUT2D eigenvalue weighted by Gasteiger charge is -2.11. The predicted molar refractivity (Wildman–Crippen MR) is 60.4 cm³/mol. The molecule has 1 aromatic rings. The van der Waals surface area contributed by atoms with Crippen LogP contribution >= 0.6 is 0 Å². The molecule has 0 saturated carbocycles. The number of carboxylic acid groups (broad SMARTS) is 1. The number of hydrogen-bond acceptors (Lipinski definition) is 4. The number of carbonyl (C=O) groups is 1. The number of aromatic carboxylic acids is 1. The molecule has 0 aliphatic heterocycles. The molecule has 0 aromatic heterocycles. The van der Waals surface area contributed by atoms with Crippen molar-refractivity contribution in [2.45, 2.75) is 12.8 Å². The second-order valence-electron chi connectivity index (χ2n) is 3.33. The maximum atomic E-state index is 11.1. The Morgan fingerprint density at radius 3 is 2.41 bits per heavy atom. The molecule has 0 fully saturated rings. The van der Waals surface area contributed by atoms with E-state index in [1.54, 1.807) is 6.07 Å². The molecule has 0 aliphatic carbocycles. The first kappa shape index (κ1) is 12.8. The van der Waals surface area contributed by atoms with Crippen LogP contribution in [-0.4, -0.2) is 25.3 Å². The van der Waals surface area contributed by atoms with Crippen LogP contribution in [0.5, 0.6) is 11.5 Å². The molecule has 0 amide bonds. The lowest BCUT2D eigenvalue weighted by atomic mass is 10.0. The third-order valence-corrected chi connectivity index (χ3v) is 2.35. The Morgan fingerprint density at radius 1 is 1.35 bits per heavy atom. The number of hydrogen-bond donors (Lipinski definition) is 1. The molecule has 0 heterocycles. The fourth-order valence-corrected chi connectivity index (χ4v) is 1.52. The van der Waals surface area contributed by atoms with Crippen LogP contribution in [0.4, 0.5) is 0 Å². The quantitative estimate of drug-likeness (QED) is 0.842. The van der Waals surface area contributed by atoms with Crippen LogP contribution in [0.25, 0.3) is 0 Å². The summed E-state index contributed by atoms with van der Waals surface area (Å²) in [5, 5.41) is 17.6. The van der Waals surface area contributed by atoms with Crippen molar-refractivity contribution in [2.24, 2.45) is 0 Å². The van der Waals surface area contributed by atoms with Crippen molar-refractivity contribution in [3.8, 4) is 17.6 Å². The zero-order chi connectivity index (χ0) is 12.8. The van der Waals surface area contributed by atoms with Gasteiger partial charge < -0.3 is 14.6 Å². The fourth-order valence-electron chi connectivity index (χ4n) is 1.52. The van der Waals surface area contributed by atoms with Crippen molar-refractivity contribution in [3.63, 3.8) is 0 Å². The second kappa shape index (κ2) is 5.75. The fraction of sp³-hybridized carbons (Fsp3) is 0.333. The van der Waals surface area contributed by atoms with Crippen LogP contribution in [0.1, 0.15) is 22.3 Å². The van der Waals surface area contributed by atoms with Crippen LogP contribution in [0.3, 0.4) is 0 Å². The van der Waals surface area contributed by atoms with Crippen LogP contribution < -0.4 is 9.47 Å². The summed E-state index contributed by atoms with van der Waals surface area (Å²) in [6, 6.07) is 4.99. The molecule has 1 aromatic carbocycles. The number of aryl methyl sites for hydroxylation is 1. The third-order valence-electron chi connectivity index (χ3n) is 2.35. The minimum atomic E-state index is -1.04. The van der Waals surface area contributed by atoms with E-state index < -0.39 is 5.97 Å². The Morgan fingerprint density at radius 2 is 1.94 bits per heavy atom. The largest absolute Gasteiger partial charge is 0.493 e. The molecule has 1 rings (SSSR count). The van der Waals surface area contributed by atoms with E-state index >= 15 is 0 Å². The van der Waals surface area contributed by atoms with Gasteiger partial charge in [0.2, 0.25) is 0 Å². The maximum Gasteiger partial charge on any atom is 0.336 e. The number of benzene rings is 1. The lowest BCUT2D eigenvalue weighted by Crippen LogP contribution is -2.04. The molecule has 17 heavy (non-hydrogen) atoms. The molecule has 0 unspecified atom stereocenters. The summed E-state index contributed by atoms with van der Waals surface area (Å²) in [6.07, 6.45) is 0.633. The first-order valence-electron chi connectivity index (χ1n) is 4.99. The summed E-state index contributed by atoms with van der Waals surface area (Å²) in [6.45, 7) is 0. The van der Waals surface area contributed by atoms with Gasteiger partial charge in [-0.25, -0.2) is 4.79 Å². The normalized spacial score (nSPS) is 9.47. The summed E-state index contributed by atoms with van der Waals surface area (Å²) >= 11 is 0. The minimum Gasteiger partial charge on any atom is -0.493 e. The van der Waals surface area contributed by atoms with Gasteiger partial charge in [-0.15, -0.1) is 0 Å². The third kappa shape index (κ3) is 2.88. The molecular formula is C12H13NO4. The Balaban J connectivity index is 3.25. The zero-order valence-corrected chi connectivity index (χ0v) is 9.69. The van der Waals surface area contributed by atoms with Gasteiger partial charge in [-0.1, -0.05) is 0 Å². The van der Waals surface area contributed by atoms with Crippen LogP contribution in [-0.2, 0) is 6.42 Å². The first-order valence-corrected chi connectivity index (χ1v) is 4.99. The Bertz CT molecular complexity index is 462. The smallest absolute Gasteiger partial charge is 0.336 e. The van der Waals surface area contributed by atoms with E-state index in [1.807, 2.05) is 6.07 Å². The van der Waals surface area contributed by atoms with Crippen LogP contribution in [0, 0.1) is 11.3 Å². The van der Waals surface area contributed by atoms with Gasteiger partial charge in [-0.3, -0.25) is 0 Å². The van der Waals surface area contributed by atoms with Gasteiger partial charge in [0.05, 0.1) is 25.9 Å². The highest BCUT2D eigenvalue weighted by molar-refractivity contribution is 5.90. The average molecular weight is 235 g/mol. The maximum absolute atomic E-state index is 11.1. The molecule has 90 valence electrons. The van der Waals surface area contributed by atoms with Crippen molar-refractivity contribution in [1.82, 2.24) is 0 Å². The highest BCUT2D eigenvalue weighted by atomic mass is 16.5. The van der Waals surface area contributed by atoms with E-state index in [2.05, 4.69) is 0 Å². The van der Waals surface area contributed by atoms with Gasteiger partial charge >= 0.3 is 5.97 Å².